The molecule has 1 fully saturated rings. The number of rotatable bonds is 7. The largest absolute Gasteiger partial charge is 0.326 e. The highest BCUT2D eigenvalue weighted by molar-refractivity contribution is 5.92. The lowest BCUT2D eigenvalue weighted by molar-refractivity contribution is -0.120. The van der Waals surface area contributed by atoms with E-state index in [0.717, 1.165) is 51.1 Å². The van der Waals surface area contributed by atoms with E-state index < -0.39 is 0 Å². The van der Waals surface area contributed by atoms with E-state index in [2.05, 4.69) is 48.4 Å². The molecule has 4 heteroatoms. The first-order valence-electron chi connectivity index (χ1n) is 8.98. The van der Waals surface area contributed by atoms with Crippen LogP contribution in [0.3, 0.4) is 0 Å². The van der Waals surface area contributed by atoms with Crippen molar-refractivity contribution in [3.63, 3.8) is 0 Å². The molecule has 1 aliphatic heterocycles. The number of piperazine rings is 1. The number of anilines is 1. The lowest BCUT2D eigenvalue weighted by Crippen LogP contribution is -2.48. The molecule has 0 saturated carbocycles. The van der Waals surface area contributed by atoms with Gasteiger partial charge in [-0.2, -0.15) is 0 Å². The monoisotopic (exact) mass is 317 g/mol. The third-order valence-electron chi connectivity index (χ3n) is 4.88. The molecule has 1 unspecified atom stereocenters. The number of nitrogens with one attached hydrogen (secondary N) is 2. The number of nitrogens with zero attached hydrogens (tertiary/aromatic N) is 1. The topological polar surface area (TPSA) is 44.4 Å². The number of carbonyl (C=O) groups is 1. The SMILES string of the molecule is CCC(CC)C(=O)Nc1ccc(CC(C)N2CCNCC2)cc1. The molecule has 128 valence electrons. The lowest BCUT2D eigenvalue weighted by Gasteiger charge is -2.32. The zero-order chi connectivity index (χ0) is 16.7. The Labute approximate surface area is 140 Å². The molecule has 1 aromatic rings. The third-order valence-corrected chi connectivity index (χ3v) is 4.88. The van der Waals surface area contributed by atoms with Gasteiger partial charge in [0.2, 0.25) is 5.91 Å². The predicted octanol–water partition coefficient (Wildman–Crippen LogP) is 2.90. The second-order valence-electron chi connectivity index (χ2n) is 6.54. The molecular weight excluding hydrogens is 286 g/mol. The van der Waals surface area contributed by atoms with E-state index in [1.807, 2.05) is 12.1 Å². The van der Waals surface area contributed by atoms with E-state index in [9.17, 15) is 4.79 Å². The second-order valence-corrected chi connectivity index (χ2v) is 6.54. The van der Waals surface area contributed by atoms with Gasteiger partial charge in [0, 0.05) is 43.8 Å². The molecule has 0 bridgehead atoms. The van der Waals surface area contributed by atoms with Crippen LogP contribution in [0.15, 0.2) is 24.3 Å². The van der Waals surface area contributed by atoms with Crippen LogP contribution < -0.4 is 10.6 Å². The molecule has 4 nitrogen and oxygen atoms in total. The van der Waals surface area contributed by atoms with Gasteiger partial charge in [0.25, 0.3) is 0 Å². The van der Waals surface area contributed by atoms with Crippen molar-refractivity contribution < 1.29 is 4.79 Å². The summed E-state index contributed by atoms with van der Waals surface area (Å²) in [5, 5.41) is 6.43. The summed E-state index contributed by atoms with van der Waals surface area (Å²) in [5.74, 6) is 0.249. The fourth-order valence-electron chi connectivity index (χ4n) is 3.22. The molecule has 0 radical (unpaired) electrons. The molecule has 0 aromatic heterocycles. The van der Waals surface area contributed by atoms with Crippen molar-refractivity contribution >= 4 is 11.6 Å². The molecular formula is C19H31N3O. The van der Waals surface area contributed by atoms with E-state index in [4.69, 9.17) is 0 Å². The molecule has 1 aromatic carbocycles. The van der Waals surface area contributed by atoms with Crippen LogP contribution in [-0.2, 0) is 11.2 Å². The maximum Gasteiger partial charge on any atom is 0.227 e. The lowest BCUT2D eigenvalue weighted by atomic mass is 10.0. The van der Waals surface area contributed by atoms with Gasteiger partial charge in [-0.15, -0.1) is 0 Å². The van der Waals surface area contributed by atoms with E-state index in [-0.39, 0.29) is 11.8 Å². The molecule has 1 atom stereocenters. The number of benzene rings is 1. The van der Waals surface area contributed by atoms with Crippen LogP contribution in [0.25, 0.3) is 0 Å². The second kappa shape index (κ2) is 9.04. The van der Waals surface area contributed by atoms with Crippen LogP contribution >= 0.6 is 0 Å². The maximum atomic E-state index is 12.1. The summed E-state index contributed by atoms with van der Waals surface area (Å²) in [5.41, 5.74) is 2.23. The summed E-state index contributed by atoms with van der Waals surface area (Å²) >= 11 is 0. The molecule has 1 heterocycles. The average molecular weight is 317 g/mol. The van der Waals surface area contributed by atoms with Crippen molar-refractivity contribution in [1.29, 1.82) is 0 Å². The Morgan fingerprint density at radius 2 is 1.78 bits per heavy atom. The molecule has 0 aliphatic carbocycles. The Hall–Kier alpha value is -1.39. The Bertz CT molecular complexity index is 476. The summed E-state index contributed by atoms with van der Waals surface area (Å²) in [4.78, 5) is 14.7. The van der Waals surface area contributed by atoms with E-state index in [0.29, 0.717) is 6.04 Å². The normalized spacial score (nSPS) is 17.2. The van der Waals surface area contributed by atoms with Gasteiger partial charge in [-0.05, 0) is 43.9 Å². The van der Waals surface area contributed by atoms with Gasteiger partial charge in [-0.1, -0.05) is 26.0 Å². The highest BCUT2D eigenvalue weighted by atomic mass is 16.1. The summed E-state index contributed by atoms with van der Waals surface area (Å²) < 4.78 is 0. The zero-order valence-electron chi connectivity index (χ0n) is 14.8. The standard InChI is InChI=1S/C19H31N3O/c1-4-17(5-2)19(23)21-18-8-6-16(7-9-18)14-15(3)22-12-10-20-11-13-22/h6-9,15,17,20H,4-5,10-14H2,1-3H3,(H,21,23). The quantitative estimate of drug-likeness (QED) is 0.813. The van der Waals surface area contributed by atoms with Crippen LogP contribution in [0, 0.1) is 5.92 Å². The van der Waals surface area contributed by atoms with Gasteiger partial charge in [-0.25, -0.2) is 0 Å². The summed E-state index contributed by atoms with van der Waals surface area (Å²) in [7, 11) is 0. The fourth-order valence-corrected chi connectivity index (χ4v) is 3.22. The first-order chi connectivity index (χ1) is 11.1. The van der Waals surface area contributed by atoms with Gasteiger partial charge < -0.3 is 10.6 Å². The summed E-state index contributed by atoms with van der Waals surface area (Å²) in [6.45, 7) is 10.9. The molecule has 1 saturated heterocycles. The smallest absolute Gasteiger partial charge is 0.227 e. The van der Waals surface area contributed by atoms with Gasteiger partial charge in [0.15, 0.2) is 0 Å². The number of hydrogen-bond acceptors (Lipinski definition) is 3. The molecule has 2 N–H and O–H groups in total. The Morgan fingerprint density at radius 1 is 1.17 bits per heavy atom. The molecule has 0 spiro atoms. The first kappa shape index (κ1) is 18.0. The molecule has 23 heavy (non-hydrogen) atoms. The maximum absolute atomic E-state index is 12.1. The van der Waals surface area contributed by atoms with Crippen LogP contribution in [0.4, 0.5) is 5.69 Å². The van der Waals surface area contributed by atoms with Crippen molar-refractivity contribution in [3.8, 4) is 0 Å². The first-order valence-corrected chi connectivity index (χ1v) is 8.98. The summed E-state index contributed by atoms with van der Waals surface area (Å²) in [6.07, 6.45) is 2.84. The van der Waals surface area contributed by atoms with Crippen LogP contribution in [0.1, 0.15) is 39.2 Å². The molecule has 1 amide bonds. The third kappa shape index (κ3) is 5.33. The Kier molecular flexibility index (Phi) is 7.06. The number of carbonyl (C=O) groups excluding carboxylic acids is 1. The van der Waals surface area contributed by atoms with Crippen molar-refractivity contribution in [2.45, 2.75) is 46.1 Å². The predicted molar refractivity (Wildman–Crippen MR) is 96.8 cm³/mol. The summed E-state index contributed by atoms with van der Waals surface area (Å²) in [6, 6.07) is 8.89. The van der Waals surface area contributed by atoms with Crippen molar-refractivity contribution in [3.05, 3.63) is 29.8 Å². The minimum atomic E-state index is 0.113. The molecule has 2 rings (SSSR count). The van der Waals surface area contributed by atoms with Gasteiger partial charge in [0.05, 0.1) is 0 Å². The van der Waals surface area contributed by atoms with Gasteiger partial charge in [-0.3, -0.25) is 9.69 Å². The van der Waals surface area contributed by atoms with Crippen molar-refractivity contribution in [2.75, 3.05) is 31.5 Å². The van der Waals surface area contributed by atoms with E-state index in [1.165, 1.54) is 5.56 Å². The van der Waals surface area contributed by atoms with Gasteiger partial charge >= 0.3 is 0 Å². The van der Waals surface area contributed by atoms with Gasteiger partial charge in [0.1, 0.15) is 0 Å². The number of amides is 1. The Balaban J connectivity index is 1.87. The number of hydrogen-bond donors (Lipinski definition) is 2. The Morgan fingerprint density at radius 3 is 2.35 bits per heavy atom. The van der Waals surface area contributed by atoms with E-state index in [1.54, 1.807) is 0 Å². The van der Waals surface area contributed by atoms with E-state index >= 15 is 0 Å². The fraction of sp³-hybridized carbons (Fsp3) is 0.632. The highest BCUT2D eigenvalue weighted by Crippen LogP contribution is 2.16. The van der Waals surface area contributed by atoms with Crippen LogP contribution in [-0.4, -0.2) is 43.0 Å². The molecule has 1 aliphatic rings. The highest BCUT2D eigenvalue weighted by Gasteiger charge is 2.17. The zero-order valence-corrected chi connectivity index (χ0v) is 14.8. The van der Waals surface area contributed by atoms with Crippen molar-refractivity contribution in [1.82, 2.24) is 10.2 Å². The minimum Gasteiger partial charge on any atom is -0.326 e. The van der Waals surface area contributed by atoms with Crippen LogP contribution in [0.2, 0.25) is 0 Å². The van der Waals surface area contributed by atoms with Crippen LogP contribution in [0.5, 0.6) is 0 Å². The van der Waals surface area contributed by atoms with Crippen molar-refractivity contribution in [2.24, 2.45) is 5.92 Å². The average Bonchev–Trinajstić information content (AvgIpc) is 2.58. The minimum absolute atomic E-state index is 0.113.